The van der Waals surface area contributed by atoms with Crippen LogP contribution in [0.5, 0.6) is 5.75 Å². The standard InChI is InChI=1S/C24H23N5O2/c1-31-22-9-3-19(4-10-22)24(30)27-20-5-7-21(8-6-20)28-12-14-29(15-13-28)23-11-2-18(16-25)17-26-23/h2-11,17H,12-15H2,1H3,(H,27,30). The molecule has 1 fully saturated rings. The number of hydrogen-bond donors (Lipinski definition) is 1. The second-order valence-corrected chi connectivity index (χ2v) is 7.22. The molecular formula is C24H23N5O2. The number of anilines is 3. The highest BCUT2D eigenvalue weighted by atomic mass is 16.5. The van der Waals surface area contributed by atoms with E-state index in [1.54, 1.807) is 43.6 Å². The third kappa shape index (κ3) is 4.75. The first-order valence-electron chi connectivity index (χ1n) is 10.1. The van der Waals surface area contributed by atoms with Gasteiger partial charge in [-0.3, -0.25) is 4.79 Å². The van der Waals surface area contributed by atoms with Crippen LogP contribution in [-0.2, 0) is 0 Å². The van der Waals surface area contributed by atoms with Gasteiger partial charge in [0, 0.05) is 49.3 Å². The van der Waals surface area contributed by atoms with E-state index in [9.17, 15) is 4.79 Å². The predicted octanol–water partition coefficient (Wildman–Crippen LogP) is 3.54. The summed E-state index contributed by atoms with van der Waals surface area (Å²) >= 11 is 0. The molecule has 1 N–H and O–H groups in total. The van der Waals surface area contributed by atoms with E-state index < -0.39 is 0 Å². The van der Waals surface area contributed by atoms with Gasteiger partial charge < -0.3 is 19.9 Å². The number of hydrogen-bond acceptors (Lipinski definition) is 6. The first kappa shape index (κ1) is 20.2. The lowest BCUT2D eigenvalue weighted by Gasteiger charge is -2.36. The van der Waals surface area contributed by atoms with Gasteiger partial charge in [0.1, 0.15) is 17.6 Å². The lowest BCUT2D eigenvalue weighted by molar-refractivity contribution is 0.102. The molecule has 2 heterocycles. The summed E-state index contributed by atoms with van der Waals surface area (Å²) in [5.74, 6) is 1.46. The smallest absolute Gasteiger partial charge is 0.255 e. The number of pyridine rings is 1. The van der Waals surface area contributed by atoms with Crippen LogP contribution < -0.4 is 19.9 Å². The Morgan fingerprint density at radius 2 is 1.65 bits per heavy atom. The van der Waals surface area contributed by atoms with Crippen molar-refractivity contribution in [1.29, 1.82) is 5.26 Å². The molecule has 0 aliphatic carbocycles. The molecule has 0 atom stereocenters. The number of carbonyl (C=O) groups excluding carboxylic acids is 1. The van der Waals surface area contributed by atoms with Gasteiger partial charge in [-0.1, -0.05) is 0 Å². The normalized spacial score (nSPS) is 13.4. The van der Waals surface area contributed by atoms with E-state index in [2.05, 4.69) is 26.2 Å². The number of rotatable bonds is 5. The molecule has 1 saturated heterocycles. The third-order valence-corrected chi connectivity index (χ3v) is 5.32. The molecule has 2 aromatic carbocycles. The molecule has 1 aliphatic rings. The summed E-state index contributed by atoms with van der Waals surface area (Å²) in [6, 6.07) is 20.7. The molecule has 1 aromatic heterocycles. The molecule has 156 valence electrons. The van der Waals surface area contributed by atoms with Crippen LogP contribution in [0.3, 0.4) is 0 Å². The summed E-state index contributed by atoms with van der Waals surface area (Å²) in [5, 5.41) is 11.8. The fourth-order valence-electron chi connectivity index (χ4n) is 3.53. The van der Waals surface area contributed by atoms with E-state index in [1.807, 2.05) is 30.3 Å². The number of aromatic nitrogens is 1. The Balaban J connectivity index is 1.33. The van der Waals surface area contributed by atoms with Gasteiger partial charge in [-0.25, -0.2) is 4.98 Å². The number of carbonyl (C=O) groups is 1. The van der Waals surface area contributed by atoms with Gasteiger partial charge in [0.15, 0.2) is 0 Å². The quantitative estimate of drug-likeness (QED) is 0.689. The number of methoxy groups -OCH3 is 1. The van der Waals surface area contributed by atoms with Crippen molar-refractivity contribution in [2.75, 3.05) is 48.4 Å². The molecule has 7 nitrogen and oxygen atoms in total. The number of nitriles is 1. The topological polar surface area (TPSA) is 81.5 Å². The fraction of sp³-hybridized carbons (Fsp3) is 0.208. The minimum absolute atomic E-state index is 0.154. The van der Waals surface area contributed by atoms with Crippen LogP contribution in [0.1, 0.15) is 15.9 Å². The maximum atomic E-state index is 12.4. The number of benzene rings is 2. The van der Waals surface area contributed by atoms with E-state index in [-0.39, 0.29) is 5.91 Å². The number of nitrogens with one attached hydrogen (secondary N) is 1. The van der Waals surface area contributed by atoms with Crippen molar-refractivity contribution >= 4 is 23.1 Å². The Bertz CT molecular complexity index is 1060. The summed E-state index contributed by atoms with van der Waals surface area (Å²) in [7, 11) is 1.60. The van der Waals surface area contributed by atoms with Crippen LogP contribution in [0.4, 0.5) is 17.2 Å². The highest BCUT2D eigenvalue weighted by molar-refractivity contribution is 6.04. The molecule has 1 amide bonds. The van der Waals surface area contributed by atoms with Gasteiger partial charge in [-0.2, -0.15) is 5.26 Å². The Hall–Kier alpha value is -4.05. The van der Waals surface area contributed by atoms with E-state index in [4.69, 9.17) is 10.00 Å². The van der Waals surface area contributed by atoms with Crippen LogP contribution >= 0.6 is 0 Å². The van der Waals surface area contributed by atoms with E-state index in [0.29, 0.717) is 11.1 Å². The Morgan fingerprint density at radius 3 is 2.23 bits per heavy atom. The average Bonchev–Trinajstić information content (AvgIpc) is 2.85. The second-order valence-electron chi connectivity index (χ2n) is 7.22. The molecular weight excluding hydrogens is 390 g/mol. The van der Waals surface area contributed by atoms with Crippen molar-refractivity contribution < 1.29 is 9.53 Å². The van der Waals surface area contributed by atoms with Gasteiger partial charge in [-0.15, -0.1) is 0 Å². The van der Waals surface area contributed by atoms with Crippen LogP contribution in [0.2, 0.25) is 0 Å². The Morgan fingerprint density at radius 1 is 0.968 bits per heavy atom. The summed E-state index contributed by atoms with van der Waals surface area (Å²) < 4.78 is 5.12. The molecule has 0 bridgehead atoms. The highest BCUT2D eigenvalue weighted by Crippen LogP contribution is 2.22. The fourth-order valence-corrected chi connectivity index (χ4v) is 3.53. The number of piperazine rings is 1. The van der Waals surface area contributed by atoms with Crippen LogP contribution in [0.25, 0.3) is 0 Å². The monoisotopic (exact) mass is 413 g/mol. The van der Waals surface area contributed by atoms with Gasteiger partial charge in [0.2, 0.25) is 0 Å². The van der Waals surface area contributed by atoms with Crippen molar-refractivity contribution in [2.45, 2.75) is 0 Å². The predicted molar refractivity (Wildman–Crippen MR) is 121 cm³/mol. The lowest BCUT2D eigenvalue weighted by Crippen LogP contribution is -2.46. The van der Waals surface area contributed by atoms with E-state index in [0.717, 1.165) is 49.1 Å². The van der Waals surface area contributed by atoms with Gasteiger partial charge in [-0.05, 0) is 60.7 Å². The molecule has 3 aromatic rings. The molecule has 31 heavy (non-hydrogen) atoms. The number of ether oxygens (including phenoxy) is 1. The van der Waals surface area contributed by atoms with Crippen LogP contribution in [0.15, 0.2) is 66.9 Å². The summed E-state index contributed by atoms with van der Waals surface area (Å²) in [6.45, 7) is 3.46. The summed E-state index contributed by atoms with van der Waals surface area (Å²) in [4.78, 5) is 21.3. The van der Waals surface area contributed by atoms with Crippen molar-refractivity contribution in [3.63, 3.8) is 0 Å². The average molecular weight is 413 g/mol. The first-order valence-corrected chi connectivity index (χ1v) is 10.1. The Labute approximate surface area is 181 Å². The molecule has 1 aliphatic heterocycles. The van der Waals surface area contributed by atoms with Crippen molar-refractivity contribution in [1.82, 2.24) is 4.98 Å². The Kier molecular flexibility index (Phi) is 5.99. The molecule has 0 spiro atoms. The van der Waals surface area contributed by atoms with Gasteiger partial charge in [0.05, 0.1) is 12.7 Å². The molecule has 0 unspecified atom stereocenters. The van der Waals surface area contributed by atoms with E-state index >= 15 is 0 Å². The third-order valence-electron chi connectivity index (χ3n) is 5.32. The maximum absolute atomic E-state index is 12.4. The zero-order valence-electron chi connectivity index (χ0n) is 17.3. The van der Waals surface area contributed by atoms with Gasteiger partial charge >= 0.3 is 0 Å². The minimum Gasteiger partial charge on any atom is -0.497 e. The van der Waals surface area contributed by atoms with Crippen molar-refractivity contribution in [3.8, 4) is 11.8 Å². The van der Waals surface area contributed by atoms with Gasteiger partial charge in [0.25, 0.3) is 5.91 Å². The van der Waals surface area contributed by atoms with Crippen molar-refractivity contribution in [2.24, 2.45) is 0 Å². The molecule has 0 radical (unpaired) electrons. The van der Waals surface area contributed by atoms with E-state index in [1.165, 1.54) is 0 Å². The summed E-state index contributed by atoms with van der Waals surface area (Å²) in [6.07, 6.45) is 1.61. The molecule has 0 saturated carbocycles. The maximum Gasteiger partial charge on any atom is 0.255 e. The highest BCUT2D eigenvalue weighted by Gasteiger charge is 2.18. The summed E-state index contributed by atoms with van der Waals surface area (Å²) in [5.41, 5.74) is 3.03. The zero-order valence-corrected chi connectivity index (χ0v) is 17.3. The van der Waals surface area contributed by atoms with Crippen molar-refractivity contribution in [3.05, 3.63) is 78.0 Å². The molecule has 7 heteroatoms. The SMILES string of the molecule is COc1ccc(C(=O)Nc2ccc(N3CCN(c4ccc(C#N)cn4)CC3)cc2)cc1. The first-order chi connectivity index (χ1) is 15.2. The van der Waals surface area contributed by atoms with Crippen LogP contribution in [-0.4, -0.2) is 44.2 Å². The minimum atomic E-state index is -0.154. The number of nitrogens with zero attached hydrogens (tertiary/aromatic N) is 4. The van der Waals surface area contributed by atoms with Crippen LogP contribution in [0, 0.1) is 11.3 Å². The zero-order chi connectivity index (χ0) is 21.6. The lowest BCUT2D eigenvalue weighted by atomic mass is 10.2. The number of amides is 1. The second kappa shape index (κ2) is 9.18. The molecule has 4 rings (SSSR count). The largest absolute Gasteiger partial charge is 0.497 e.